The van der Waals surface area contributed by atoms with Crippen molar-refractivity contribution in [1.82, 2.24) is 4.98 Å². The van der Waals surface area contributed by atoms with Gasteiger partial charge in [-0.1, -0.05) is 91.0 Å². The summed E-state index contributed by atoms with van der Waals surface area (Å²) in [6.07, 6.45) is 0. The summed E-state index contributed by atoms with van der Waals surface area (Å²) in [5.41, 5.74) is 21.0. The molecule has 7 N–H and O–H groups in total. The lowest BCUT2D eigenvalue weighted by Gasteiger charge is -1.87. The number of anilines is 3. The molecule has 1 heterocycles. The maximum absolute atomic E-state index is 5.36. The van der Waals surface area contributed by atoms with Crippen LogP contribution in [0.4, 0.5) is 17.1 Å². The number of hydrogen-bond donors (Lipinski definition) is 4. The van der Waals surface area contributed by atoms with Gasteiger partial charge in [-0.25, -0.2) is 0 Å². The van der Waals surface area contributed by atoms with Crippen LogP contribution in [0, 0.1) is 0 Å². The summed E-state index contributed by atoms with van der Waals surface area (Å²) in [5.74, 6) is 0. The zero-order valence-corrected chi connectivity index (χ0v) is 19.0. The molecule has 4 nitrogen and oxygen atoms in total. The second kappa shape index (κ2) is 13.0. The number of hydrogen-bond acceptors (Lipinski definition) is 3. The molecule has 0 aliphatic heterocycles. The average molecular weight is 447 g/mol. The minimum Gasteiger partial charge on any atom is -0.399 e. The van der Waals surface area contributed by atoms with Crippen LogP contribution in [-0.2, 0) is 0 Å². The zero-order valence-electron chi connectivity index (χ0n) is 19.0. The molecule has 0 aliphatic rings. The van der Waals surface area contributed by atoms with Crippen LogP contribution in [0.3, 0.4) is 0 Å². The molecule has 6 rings (SSSR count). The second-order valence-electron chi connectivity index (χ2n) is 7.45. The molecule has 170 valence electrons. The van der Waals surface area contributed by atoms with Crippen molar-refractivity contribution in [2.24, 2.45) is 0 Å². The van der Waals surface area contributed by atoms with E-state index >= 15 is 0 Å². The second-order valence-corrected chi connectivity index (χ2v) is 7.45. The summed E-state index contributed by atoms with van der Waals surface area (Å²) >= 11 is 0. The van der Waals surface area contributed by atoms with Crippen LogP contribution < -0.4 is 17.2 Å². The molecule has 0 radical (unpaired) electrons. The van der Waals surface area contributed by atoms with E-state index in [1.54, 1.807) is 0 Å². The van der Waals surface area contributed by atoms with Crippen molar-refractivity contribution in [1.29, 1.82) is 0 Å². The minimum absolute atomic E-state index is 0.822. The molecular formula is C30H30N4. The summed E-state index contributed by atoms with van der Waals surface area (Å²) < 4.78 is 0. The summed E-state index contributed by atoms with van der Waals surface area (Å²) in [5, 5.41) is 2.61. The number of para-hydroxylation sites is 5. The van der Waals surface area contributed by atoms with E-state index in [1.165, 1.54) is 21.8 Å². The highest BCUT2D eigenvalue weighted by molar-refractivity contribution is 6.06. The van der Waals surface area contributed by atoms with Crippen molar-refractivity contribution in [3.8, 4) is 0 Å². The summed E-state index contributed by atoms with van der Waals surface area (Å²) in [6, 6.07) is 45.2. The number of aromatic nitrogens is 1. The van der Waals surface area contributed by atoms with E-state index in [0.717, 1.165) is 17.1 Å². The van der Waals surface area contributed by atoms with Crippen molar-refractivity contribution >= 4 is 38.9 Å². The Morgan fingerprint density at radius 2 is 0.588 bits per heavy atom. The maximum atomic E-state index is 5.36. The Labute approximate surface area is 200 Å². The zero-order chi connectivity index (χ0) is 24.0. The number of H-pyrrole nitrogens is 1. The molecule has 1 aromatic heterocycles. The Balaban J connectivity index is 0.000000134. The standard InChI is InChI=1S/C12H9N.3C6H7N/c1-3-7-11-9(5-1)10-6-2-4-8-12(10)13-11;3*7-6-4-2-1-3-5-6/h1-8,13H;3*1-5H,7H2. The first-order valence-corrected chi connectivity index (χ1v) is 11.0. The lowest BCUT2D eigenvalue weighted by atomic mass is 10.2. The van der Waals surface area contributed by atoms with Gasteiger partial charge in [0.05, 0.1) is 0 Å². The van der Waals surface area contributed by atoms with E-state index in [1.807, 2.05) is 91.0 Å². The molecule has 0 saturated carbocycles. The predicted octanol–water partition coefficient (Wildman–Crippen LogP) is 7.13. The summed E-state index contributed by atoms with van der Waals surface area (Å²) in [7, 11) is 0. The molecule has 34 heavy (non-hydrogen) atoms. The van der Waals surface area contributed by atoms with Crippen molar-refractivity contribution < 1.29 is 0 Å². The van der Waals surface area contributed by atoms with Crippen molar-refractivity contribution in [2.45, 2.75) is 0 Å². The number of aromatic amines is 1. The van der Waals surface area contributed by atoms with Crippen molar-refractivity contribution in [3.63, 3.8) is 0 Å². The molecule has 6 aromatic rings. The first-order valence-electron chi connectivity index (χ1n) is 11.0. The fourth-order valence-electron chi connectivity index (χ4n) is 3.16. The first-order chi connectivity index (χ1) is 16.6. The molecule has 0 fully saturated rings. The number of nitrogens with two attached hydrogens (primary N) is 3. The van der Waals surface area contributed by atoms with E-state index < -0.39 is 0 Å². The fraction of sp³-hybridized carbons (Fsp3) is 0. The molecule has 0 unspecified atom stereocenters. The van der Waals surface area contributed by atoms with Crippen LogP contribution >= 0.6 is 0 Å². The Bertz CT molecular complexity index is 1220. The Kier molecular flexibility index (Phi) is 9.15. The number of fused-ring (bicyclic) bond motifs is 3. The van der Waals surface area contributed by atoms with Gasteiger partial charge >= 0.3 is 0 Å². The van der Waals surface area contributed by atoms with Crippen molar-refractivity contribution in [2.75, 3.05) is 17.2 Å². The number of nitrogen functional groups attached to an aromatic ring is 3. The quantitative estimate of drug-likeness (QED) is 0.187. The molecule has 4 heteroatoms. The van der Waals surface area contributed by atoms with Gasteiger partial charge in [0, 0.05) is 38.9 Å². The molecule has 0 atom stereocenters. The molecule has 0 amide bonds. The van der Waals surface area contributed by atoms with Gasteiger partial charge in [-0.05, 0) is 48.5 Å². The smallest absolute Gasteiger partial charge is 0.0464 e. The molecule has 0 saturated heterocycles. The number of nitrogens with one attached hydrogen (secondary N) is 1. The maximum Gasteiger partial charge on any atom is 0.0464 e. The SMILES string of the molecule is Nc1ccccc1.Nc1ccccc1.Nc1ccccc1.c1ccc2c(c1)[nH]c1ccccc12. The highest BCUT2D eigenvalue weighted by atomic mass is 14.7. The van der Waals surface area contributed by atoms with Gasteiger partial charge in [-0.15, -0.1) is 0 Å². The van der Waals surface area contributed by atoms with Crippen LogP contribution in [0.15, 0.2) is 140 Å². The van der Waals surface area contributed by atoms with Crippen LogP contribution in [0.5, 0.6) is 0 Å². The fourth-order valence-corrected chi connectivity index (χ4v) is 3.16. The van der Waals surface area contributed by atoms with Crippen LogP contribution in [0.2, 0.25) is 0 Å². The van der Waals surface area contributed by atoms with Gasteiger partial charge in [-0.3, -0.25) is 0 Å². The van der Waals surface area contributed by atoms with E-state index in [4.69, 9.17) is 17.2 Å². The summed E-state index contributed by atoms with van der Waals surface area (Å²) in [6.45, 7) is 0. The lowest BCUT2D eigenvalue weighted by molar-refractivity contribution is 1.55. The molecule has 5 aromatic carbocycles. The molecule has 0 aliphatic carbocycles. The number of rotatable bonds is 0. The Morgan fingerprint density at radius 3 is 0.853 bits per heavy atom. The highest BCUT2D eigenvalue weighted by Crippen LogP contribution is 2.24. The van der Waals surface area contributed by atoms with E-state index in [9.17, 15) is 0 Å². The van der Waals surface area contributed by atoms with Gasteiger partial charge in [0.2, 0.25) is 0 Å². The van der Waals surface area contributed by atoms with E-state index in [2.05, 4.69) is 53.5 Å². The largest absolute Gasteiger partial charge is 0.399 e. The normalized spacial score (nSPS) is 9.53. The molecule has 0 spiro atoms. The Morgan fingerprint density at radius 1 is 0.324 bits per heavy atom. The van der Waals surface area contributed by atoms with Gasteiger partial charge in [0.15, 0.2) is 0 Å². The third-order valence-electron chi connectivity index (χ3n) is 4.81. The predicted molar refractivity (Wildman–Crippen MR) is 148 cm³/mol. The highest BCUT2D eigenvalue weighted by Gasteiger charge is 2.00. The monoisotopic (exact) mass is 446 g/mol. The third kappa shape index (κ3) is 7.77. The van der Waals surface area contributed by atoms with E-state index in [-0.39, 0.29) is 0 Å². The lowest BCUT2D eigenvalue weighted by Crippen LogP contribution is -1.79. The minimum atomic E-state index is 0.822. The van der Waals surface area contributed by atoms with Crippen LogP contribution in [0.25, 0.3) is 21.8 Å². The topological polar surface area (TPSA) is 93.8 Å². The van der Waals surface area contributed by atoms with Crippen molar-refractivity contribution in [3.05, 3.63) is 140 Å². The summed E-state index contributed by atoms with van der Waals surface area (Å²) in [4.78, 5) is 3.38. The van der Waals surface area contributed by atoms with Crippen LogP contribution in [0.1, 0.15) is 0 Å². The van der Waals surface area contributed by atoms with Gasteiger partial charge in [0.25, 0.3) is 0 Å². The first kappa shape index (κ1) is 24.0. The average Bonchev–Trinajstić information content (AvgIpc) is 3.26. The van der Waals surface area contributed by atoms with Gasteiger partial charge in [0.1, 0.15) is 0 Å². The van der Waals surface area contributed by atoms with Crippen LogP contribution in [-0.4, -0.2) is 4.98 Å². The number of benzene rings is 5. The Hall–Kier alpha value is -4.70. The molecule has 0 bridgehead atoms. The van der Waals surface area contributed by atoms with Gasteiger partial charge in [-0.2, -0.15) is 0 Å². The molecular weight excluding hydrogens is 416 g/mol. The van der Waals surface area contributed by atoms with E-state index in [0.29, 0.717) is 0 Å². The third-order valence-corrected chi connectivity index (χ3v) is 4.81. The van der Waals surface area contributed by atoms with Gasteiger partial charge < -0.3 is 22.2 Å².